The summed E-state index contributed by atoms with van der Waals surface area (Å²) in [6, 6.07) is 2.98. The summed E-state index contributed by atoms with van der Waals surface area (Å²) < 4.78 is 13.1. The van der Waals surface area contributed by atoms with Crippen LogP contribution in [-0.2, 0) is 16.1 Å². The highest BCUT2D eigenvalue weighted by Gasteiger charge is 2.41. The van der Waals surface area contributed by atoms with Crippen LogP contribution in [0.1, 0.15) is 5.56 Å². The molecule has 2 rings (SSSR count). The van der Waals surface area contributed by atoms with Crippen LogP contribution >= 0.6 is 0 Å². The Labute approximate surface area is 102 Å². The molecule has 94 valence electrons. The van der Waals surface area contributed by atoms with Gasteiger partial charge in [0.05, 0.1) is 6.54 Å². The van der Waals surface area contributed by atoms with Crippen LogP contribution in [0.2, 0.25) is 0 Å². The second-order valence-corrected chi connectivity index (χ2v) is 3.93. The average Bonchev–Trinajstić information content (AvgIpc) is 2.46. The van der Waals surface area contributed by atoms with Crippen LogP contribution in [-0.4, -0.2) is 34.7 Å². The van der Waals surface area contributed by atoms with Crippen LogP contribution in [0.25, 0.3) is 0 Å². The molecule has 0 bridgehead atoms. The minimum absolute atomic E-state index is 0.184. The number of nitrogens with zero attached hydrogens (tertiary/aromatic N) is 2. The number of likely N-dealkylation sites (N-methyl/N-ethyl adjacent to an activating group) is 1. The largest absolute Gasteiger partial charge is 0.399 e. The van der Waals surface area contributed by atoms with Gasteiger partial charge in [-0.05, 0) is 23.8 Å². The Balaban J connectivity index is 2.27. The molecular weight excluding hydrogens is 241 g/mol. The third-order valence-electron chi connectivity index (χ3n) is 2.57. The van der Waals surface area contributed by atoms with Gasteiger partial charge in [-0.1, -0.05) is 0 Å². The maximum absolute atomic E-state index is 13.1. The summed E-state index contributed by atoms with van der Waals surface area (Å²) in [4.78, 5) is 35.8. The van der Waals surface area contributed by atoms with E-state index in [2.05, 4.69) is 0 Å². The van der Waals surface area contributed by atoms with Crippen molar-refractivity contribution < 1.29 is 18.8 Å². The Morgan fingerprint density at radius 3 is 2.33 bits per heavy atom. The number of urea groups is 1. The Morgan fingerprint density at radius 1 is 1.17 bits per heavy atom. The Hall–Kier alpha value is -2.44. The van der Waals surface area contributed by atoms with Gasteiger partial charge in [0.2, 0.25) is 0 Å². The minimum Gasteiger partial charge on any atom is -0.399 e. The average molecular weight is 251 g/mol. The van der Waals surface area contributed by atoms with Crippen molar-refractivity contribution in [1.29, 1.82) is 0 Å². The number of carbonyl (C=O) groups is 3. The molecule has 0 aromatic heterocycles. The summed E-state index contributed by atoms with van der Waals surface area (Å²) in [5.74, 6) is -2.39. The molecule has 1 aromatic carbocycles. The van der Waals surface area contributed by atoms with Crippen molar-refractivity contribution >= 4 is 23.5 Å². The Bertz CT molecular complexity index is 538. The van der Waals surface area contributed by atoms with E-state index >= 15 is 0 Å². The van der Waals surface area contributed by atoms with Crippen molar-refractivity contribution in [2.24, 2.45) is 0 Å². The molecule has 1 aliphatic rings. The summed E-state index contributed by atoms with van der Waals surface area (Å²) in [7, 11) is 1.21. The molecule has 0 saturated carbocycles. The normalized spacial score (nSPS) is 15.8. The van der Waals surface area contributed by atoms with Gasteiger partial charge in [-0.15, -0.1) is 0 Å². The highest BCUT2D eigenvalue weighted by Crippen LogP contribution is 2.17. The van der Waals surface area contributed by atoms with Gasteiger partial charge in [-0.2, -0.15) is 0 Å². The maximum Gasteiger partial charge on any atom is 0.334 e. The molecule has 1 saturated heterocycles. The molecule has 0 atom stereocenters. The van der Waals surface area contributed by atoms with Crippen LogP contribution in [0, 0.1) is 5.82 Å². The van der Waals surface area contributed by atoms with E-state index in [1.165, 1.54) is 13.1 Å². The second-order valence-electron chi connectivity index (χ2n) is 3.93. The van der Waals surface area contributed by atoms with Crippen LogP contribution in [0.5, 0.6) is 0 Å². The minimum atomic E-state index is -0.926. The van der Waals surface area contributed by atoms with Gasteiger partial charge < -0.3 is 5.73 Å². The van der Waals surface area contributed by atoms with Gasteiger partial charge in [0.25, 0.3) is 0 Å². The lowest BCUT2D eigenvalue weighted by atomic mass is 10.2. The molecule has 0 aliphatic carbocycles. The monoisotopic (exact) mass is 251 g/mol. The number of carbonyl (C=O) groups excluding carboxylic acids is 3. The molecule has 18 heavy (non-hydrogen) atoms. The molecule has 0 spiro atoms. The number of hydrogen-bond donors (Lipinski definition) is 1. The number of rotatable bonds is 2. The summed E-state index contributed by atoms with van der Waals surface area (Å²) in [6.07, 6.45) is 0. The van der Waals surface area contributed by atoms with E-state index in [9.17, 15) is 18.8 Å². The lowest BCUT2D eigenvalue weighted by molar-refractivity contribution is -0.143. The summed E-state index contributed by atoms with van der Waals surface area (Å²) in [6.45, 7) is -0.185. The highest BCUT2D eigenvalue weighted by atomic mass is 19.1. The fourth-order valence-corrected chi connectivity index (χ4v) is 1.70. The molecule has 2 N–H and O–H groups in total. The predicted molar refractivity (Wildman–Crippen MR) is 59.5 cm³/mol. The standard InChI is InChI=1S/C11H10FN3O3/c1-14-9(16)10(17)15(11(14)18)5-6-2-7(12)4-8(13)3-6/h2-4H,5,13H2,1H3. The molecule has 0 radical (unpaired) electrons. The van der Waals surface area contributed by atoms with Gasteiger partial charge in [0.1, 0.15) is 5.82 Å². The smallest absolute Gasteiger partial charge is 0.334 e. The lowest BCUT2D eigenvalue weighted by Gasteiger charge is -2.13. The number of nitrogens with two attached hydrogens (primary N) is 1. The summed E-state index contributed by atoms with van der Waals surface area (Å²) >= 11 is 0. The summed E-state index contributed by atoms with van der Waals surface area (Å²) in [5, 5.41) is 0. The van der Waals surface area contributed by atoms with Crippen molar-refractivity contribution in [2.75, 3.05) is 12.8 Å². The first-order valence-corrected chi connectivity index (χ1v) is 5.08. The molecule has 7 heteroatoms. The van der Waals surface area contributed by atoms with Crippen molar-refractivity contribution in [3.8, 4) is 0 Å². The van der Waals surface area contributed by atoms with E-state index in [4.69, 9.17) is 5.73 Å². The third kappa shape index (κ3) is 1.90. The van der Waals surface area contributed by atoms with Gasteiger partial charge in [0, 0.05) is 12.7 Å². The van der Waals surface area contributed by atoms with Gasteiger partial charge in [-0.3, -0.25) is 19.4 Å². The predicted octanol–water partition coefficient (Wildman–Crippen LogP) is 0.328. The quantitative estimate of drug-likeness (QED) is 0.466. The van der Waals surface area contributed by atoms with E-state index in [0.29, 0.717) is 10.5 Å². The summed E-state index contributed by atoms with van der Waals surface area (Å²) in [5.41, 5.74) is 5.98. The van der Waals surface area contributed by atoms with E-state index in [-0.39, 0.29) is 12.2 Å². The number of imide groups is 2. The molecule has 1 heterocycles. The number of hydrogen-bond acceptors (Lipinski definition) is 4. The number of amides is 4. The Morgan fingerprint density at radius 2 is 1.83 bits per heavy atom. The van der Waals surface area contributed by atoms with Crippen LogP contribution in [0.3, 0.4) is 0 Å². The molecule has 1 fully saturated rings. The topological polar surface area (TPSA) is 83.7 Å². The number of halogens is 1. The first kappa shape index (κ1) is 12.0. The van der Waals surface area contributed by atoms with E-state index in [0.717, 1.165) is 17.0 Å². The first-order chi connectivity index (χ1) is 8.40. The van der Waals surface area contributed by atoms with Gasteiger partial charge in [0.15, 0.2) is 0 Å². The second kappa shape index (κ2) is 4.10. The zero-order valence-electron chi connectivity index (χ0n) is 9.51. The van der Waals surface area contributed by atoms with E-state index in [1.807, 2.05) is 0 Å². The molecule has 1 aliphatic heterocycles. The highest BCUT2D eigenvalue weighted by molar-refractivity contribution is 6.44. The number of benzene rings is 1. The van der Waals surface area contributed by atoms with Gasteiger partial charge >= 0.3 is 17.8 Å². The molecule has 4 amide bonds. The van der Waals surface area contributed by atoms with E-state index < -0.39 is 23.7 Å². The molecule has 0 unspecified atom stereocenters. The zero-order chi connectivity index (χ0) is 13.4. The Kier molecular flexibility index (Phi) is 2.74. The van der Waals surface area contributed by atoms with Crippen molar-refractivity contribution in [3.63, 3.8) is 0 Å². The molecule has 6 nitrogen and oxygen atoms in total. The fraction of sp³-hybridized carbons (Fsp3) is 0.182. The maximum atomic E-state index is 13.1. The lowest BCUT2D eigenvalue weighted by Crippen LogP contribution is -2.31. The zero-order valence-corrected chi connectivity index (χ0v) is 9.51. The number of anilines is 1. The van der Waals surface area contributed by atoms with Gasteiger partial charge in [-0.25, -0.2) is 9.18 Å². The van der Waals surface area contributed by atoms with Crippen LogP contribution in [0.4, 0.5) is 14.9 Å². The first-order valence-electron chi connectivity index (χ1n) is 5.08. The third-order valence-corrected chi connectivity index (χ3v) is 2.57. The van der Waals surface area contributed by atoms with Crippen LogP contribution in [0.15, 0.2) is 18.2 Å². The molecule has 1 aromatic rings. The van der Waals surface area contributed by atoms with E-state index in [1.54, 1.807) is 0 Å². The van der Waals surface area contributed by atoms with Crippen molar-refractivity contribution in [1.82, 2.24) is 9.80 Å². The van der Waals surface area contributed by atoms with Crippen LogP contribution < -0.4 is 5.73 Å². The van der Waals surface area contributed by atoms with Crippen molar-refractivity contribution in [3.05, 3.63) is 29.6 Å². The fourth-order valence-electron chi connectivity index (χ4n) is 1.70. The SMILES string of the molecule is CN1C(=O)C(=O)N(Cc2cc(N)cc(F)c2)C1=O. The van der Waals surface area contributed by atoms with Crippen molar-refractivity contribution in [2.45, 2.75) is 6.54 Å². The number of nitrogen functional groups attached to an aromatic ring is 1. The molecular formula is C11H10FN3O3.